The Balaban J connectivity index is 1.88. The van der Waals surface area contributed by atoms with Gasteiger partial charge >= 0.3 is 0 Å². The van der Waals surface area contributed by atoms with Gasteiger partial charge in [-0.15, -0.1) is 0 Å². The van der Waals surface area contributed by atoms with E-state index in [1.807, 2.05) is 12.1 Å². The Bertz CT molecular complexity index is 1260. The number of methoxy groups -OCH3 is 1. The fourth-order valence-electron chi connectivity index (χ4n) is 3.09. The zero-order valence-electron chi connectivity index (χ0n) is 18.4. The van der Waals surface area contributed by atoms with Crippen molar-refractivity contribution < 1.29 is 17.9 Å². The number of sulfonamides is 1. The highest BCUT2D eigenvalue weighted by Gasteiger charge is 2.28. The third-order valence-corrected chi connectivity index (χ3v) is 7.17. The Kier molecular flexibility index (Phi) is 7.73. The normalized spacial score (nSPS) is 11.7. The molecule has 3 aromatic rings. The number of hydrogen-bond donors (Lipinski definition) is 1. The van der Waals surface area contributed by atoms with Crippen molar-refractivity contribution in [2.24, 2.45) is 5.10 Å². The third-order valence-electron chi connectivity index (χ3n) is 4.98. The number of ether oxygens (including phenoxy) is 1. The minimum atomic E-state index is -4.04. The Hall–Kier alpha value is -3.36. The number of halogens is 1. The first-order chi connectivity index (χ1) is 15.7. The van der Waals surface area contributed by atoms with Crippen molar-refractivity contribution in [1.82, 2.24) is 5.43 Å². The van der Waals surface area contributed by atoms with Gasteiger partial charge in [0.1, 0.15) is 12.3 Å². The maximum Gasteiger partial charge on any atom is 0.264 e. The molecule has 0 saturated heterocycles. The van der Waals surface area contributed by atoms with E-state index in [9.17, 15) is 13.2 Å². The first-order valence-electron chi connectivity index (χ1n) is 10.0. The summed E-state index contributed by atoms with van der Waals surface area (Å²) < 4.78 is 33.0. The van der Waals surface area contributed by atoms with E-state index in [1.54, 1.807) is 69.5 Å². The third kappa shape index (κ3) is 5.71. The van der Waals surface area contributed by atoms with Gasteiger partial charge in [0.15, 0.2) is 0 Å². The predicted molar refractivity (Wildman–Crippen MR) is 131 cm³/mol. The quantitative estimate of drug-likeness (QED) is 0.378. The van der Waals surface area contributed by atoms with Crippen molar-refractivity contribution in [3.8, 4) is 5.75 Å². The van der Waals surface area contributed by atoms with E-state index in [0.29, 0.717) is 27.7 Å². The maximum absolute atomic E-state index is 13.4. The summed E-state index contributed by atoms with van der Waals surface area (Å²) in [5, 5.41) is 4.52. The van der Waals surface area contributed by atoms with Crippen LogP contribution in [-0.2, 0) is 14.8 Å². The molecule has 7 nitrogen and oxygen atoms in total. The molecule has 0 aromatic heterocycles. The van der Waals surface area contributed by atoms with Crippen LogP contribution in [0.1, 0.15) is 18.1 Å². The van der Waals surface area contributed by atoms with E-state index in [4.69, 9.17) is 16.3 Å². The van der Waals surface area contributed by atoms with Gasteiger partial charge in [0.2, 0.25) is 0 Å². The van der Waals surface area contributed by atoms with Crippen LogP contribution in [0.25, 0.3) is 0 Å². The molecule has 0 radical (unpaired) electrons. The number of benzene rings is 3. The average molecular weight is 486 g/mol. The molecule has 0 bridgehead atoms. The summed E-state index contributed by atoms with van der Waals surface area (Å²) >= 11 is 6.23. The maximum atomic E-state index is 13.4. The monoisotopic (exact) mass is 485 g/mol. The number of carbonyl (C=O) groups excluding carboxylic acids is 1. The topological polar surface area (TPSA) is 88.1 Å². The summed E-state index contributed by atoms with van der Waals surface area (Å²) in [5.41, 5.74) is 4.65. The number of anilines is 1. The van der Waals surface area contributed by atoms with Crippen molar-refractivity contribution in [3.05, 3.63) is 88.9 Å². The Morgan fingerprint density at radius 3 is 2.33 bits per heavy atom. The van der Waals surface area contributed by atoms with Crippen LogP contribution in [-0.4, -0.2) is 33.7 Å². The minimum Gasteiger partial charge on any atom is -0.497 e. The molecule has 1 amide bonds. The standard InChI is InChI=1S/C24H24ClN3O4S/c1-17-22(25)10-7-11-23(17)28(33(30,31)21-8-5-4-6-9-21)16-24(29)27-26-18(2)19-12-14-20(32-3)15-13-19/h4-15H,16H2,1-3H3,(H,27,29)/b26-18-. The molecule has 3 aromatic carbocycles. The Morgan fingerprint density at radius 2 is 1.70 bits per heavy atom. The van der Waals surface area contributed by atoms with Gasteiger partial charge in [0, 0.05) is 5.02 Å². The van der Waals surface area contributed by atoms with E-state index in [1.165, 1.54) is 12.1 Å². The second-order valence-electron chi connectivity index (χ2n) is 7.17. The van der Waals surface area contributed by atoms with E-state index in [-0.39, 0.29) is 4.90 Å². The van der Waals surface area contributed by atoms with E-state index in [2.05, 4.69) is 10.5 Å². The van der Waals surface area contributed by atoms with Crippen LogP contribution in [0.15, 0.2) is 82.8 Å². The molecule has 0 heterocycles. The highest BCUT2D eigenvalue weighted by atomic mass is 35.5. The lowest BCUT2D eigenvalue weighted by Gasteiger charge is -2.25. The molecular weight excluding hydrogens is 462 g/mol. The second-order valence-corrected chi connectivity index (χ2v) is 9.44. The summed E-state index contributed by atoms with van der Waals surface area (Å²) in [6, 6.07) is 20.0. The molecule has 0 unspecified atom stereocenters. The zero-order chi connectivity index (χ0) is 24.0. The molecule has 0 fully saturated rings. The van der Waals surface area contributed by atoms with E-state index in [0.717, 1.165) is 9.87 Å². The van der Waals surface area contributed by atoms with Crippen molar-refractivity contribution in [2.75, 3.05) is 18.0 Å². The Morgan fingerprint density at radius 1 is 1.03 bits per heavy atom. The van der Waals surface area contributed by atoms with Crippen LogP contribution in [0.4, 0.5) is 5.69 Å². The van der Waals surface area contributed by atoms with Gasteiger partial charge in [-0.05, 0) is 73.5 Å². The van der Waals surface area contributed by atoms with Crippen molar-refractivity contribution >= 4 is 38.9 Å². The van der Waals surface area contributed by atoms with Crippen LogP contribution >= 0.6 is 11.6 Å². The lowest BCUT2D eigenvalue weighted by atomic mass is 10.1. The first kappa shape index (κ1) is 24.3. The zero-order valence-corrected chi connectivity index (χ0v) is 20.0. The number of rotatable bonds is 8. The van der Waals surface area contributed by atoms with Crippen molar-refractivity contribution in [3.63, 3.8) is 0 Å². The van der Waals surface area contributed by atoms with Gasteiger partial charge in [-0.25, -0.2) is 13.8 Å². The highest BCUT2D eigenvalue weighted by molar-refractivity contribution is 7.92. The van der Waals surface area contributed by atoms with Gasteiger partial charge in [-0.2, -0.15) is 5.10 Å². The molecule has 0 aliphatic carbocycles. The summed E-state index contributed by atoms with van der Waals surface area (Å²) in [6.07, 6.45) is 0. The van der Waals surface area contributed by atoms with Gasteiger partial charge in [-0.3, -0.25) is 9.10 Å². The largest absolute Gasteiger partial charge is 0.497 e. The fourth-order valence-corrected chi connectivity index (χ4v) is 4.76. The summed E-state index contributed by atoms with van der Waals surface area (Å²) in [7, 11) is -2.46. The number of carbonyl (C=O) groups is 1. The molecule has 33 heavy (non-hydrogen) atoms. The predicted octanol–water partition coefficient (Wildman–Crippen LogP) is 4.39. The first-order valence-corrected chi connectivity index (χ1v) is 11.9. The van der Waals surface area contributed by atoms with Gasteiger partial charge < -0.3 is 4.74 Å². The molecule has 0 atom stereocenters. The molecular formula is C24H24ClN3O4S. The van der Waals surface area contributed by atoms with E-state index < -0.39 is 22.5 Å². The van der Waals surface area contributed by atoms with Crippen LogP contribution in [0, 0.1) is 6.92 Å². The summed E-state index contributed by atoms with van der Waals surface area (Å²) in [4.78, 5) is 12.8. The molecule has 3 rings (SSSR count). The number of nitrogens with zero attached hydrogens (tertiary/aromatic N) is 2. The number of hydrogen-bond acceptors (Lipinski definition) is 5. The second kappa shape index (κ2) is 10.5. The molecule has 0 saturated carbocycles. The molecule has 0 aliphatic heterocycles. The molecule has 1 N–H and O–H groups in total. The van der Waals surface area contributed by atoms with E-state index >= 15 is 0 Å². The average Bonchev–Trinajstić information content (AvgIpc) is 2.83. The van der Waals surface area contributed by atoms with Crippen molar-refractivity contribution in [1.29, 1.82) is 0 Å². The summed E-state index contributed by atoms with van der Waals surface area (Å²) in [5.74, 6) is 0.107. The fraction of sp³-hybridized carbons (Fsp3) is 0.167. The molecule has 172 valence electrons. The smallest absolute Gasteiger partial charge is 0.264 e. The minimum absolute atomic E-state index is 0.0649. The molecule has 9 heteroatoms. The van der Waals surface area contributed by atoms with Gasteiger partial charge in [0.25, 0.3) is 15.9 Å². The molecule has 0 spiro atoms. The summed E-state index contributed by atoms with van der Waals surface area (Å²) in [6.45, 7) is 2.97. The van der Waals surface area contributed by atoms with Crippen LogP contribution in [0.5, 0.6) is 5.75 Å². The van der Waals surface area contributed by atoms with Gasteiger partial charge in [0.05, 0.1) is 23.4 Å². The van der Waals surface area contributed by atoms with Crippen LogP contribution < -0.4 is 14.5 Å². The Labute approximate surface area is 198 Å². The molecule has 0 aliphatic rings. The van der Waals surface area contributed by atoms with Crippen molar-refractivity contribution in [2.45, 2.75) is 18.7 Å². The van der Waals surface area contributed by atoms with Crippen LogP contribution in [0.3, 0.4) is 0 Å². The van der Waals surface area contributed by atoms with Crippen LogP contribution in [0.2, 0.25) is 5.02 Å². The number of hydrazone groups is 1. The number of nitrogens with one attached hydrogen (secondary N) is 1. The van der Waals surface area contributed by atoms with Gasteiger partial charge in [-0.1, -0.05) is 35.9 Å². The lowest BCUT2D eigenvalue weighted by molar-refractivity contribution is -0.119. The SMILES string of the molecule is COc1ccc(/C(C)=N\NC(=O)CN(c2cccc(Cl)c2C)S(=O)(=O)c2ccccc2)cc1. The number of amides is 1. The lowest BCUT2D eigenvalue weighted by Crippen LogP contribution is -2.40. The highest BCUT2D eigenvalue weighted by Crippen LogP contribution is 2.30.